The Bertz CT molecular complexity index is 1060. The smallest absolute Gasteiger partial charge is 0.163 e. The number of carbonyl (C=O) groups is 1. The predicted molar refractivity (Wildman–Crippen MR) is 144 cm³/mol. The molecule has 1 aliphatic rings. The molecule has 0 amide bonds. The summed E-state index contributed by atoms with van der Waals surface area (Å²) in [5, 5.41) is 11.1. The van der Waals surface area contributed by atoms with E-state index >= 15 is 0 Å². The van der Waals surface area contributed by atoms with Gasteiger partial charge in [-0.3, -0.25) is 4.79 Å². The summed E-state index contributed by atoms with van der Waals surface area (Å²) in [6, 6.07) is 28.7. The van der Waals surface area contributed by atoms with E-state index in [1.165, 1.54) is 5.56 Å². The van der Waals surface area contributed by atoms with Crippen LogP contribution in [0, 0.1) is 0 Å². The number of likely N-dealkylation sites (tertiary alicyclic amines) is 1. The second-order valence-electron chi connectivity index (χ2n) is 11.2. The van der Waals surface area contributed by atoms with Crippen molar-refractivity contribution in [3.63, 3.8) is 0 Å². The predicted octanol–water partition coefficient (Wildman–Crippen LogP) is 7.12. The molecule has 4 heteroatoms. The summed E-state index contributed by atoms with van der Waals surface area (Å²) in [6.07, 6.45) is 2.72. The Balaban J connectivity index is 1.28. The molecule has 3 aromatic rings. The Morgan fingerprint density at radius 1 is 0.889 bits per heavy atom. The van der Waals surface area contributed by atoms with Crippen molar-refractivity contribution >= 4 is 5.78 Å². The normalized spacial score (nSPS) is 20.4. The lowest BCUT2D eigenvalue weighted by Gasteiger charge is -2.38. The summed E-state index contributed by atoms with van der Waals surface area (Å²) < 4.78 is 6.64. The van der Waals surface area contributed by atoms with Gasteiger partial charge < -0.3 is 4.74 Å². The molecule has 1 saturated heterocycles. The Kier molecular flexibility index (Phi) is 8.40. The van der Waals surface area contributed by atoms with Crippen LogP contribution >= 0.6 is 0 Å². The Hall–Kier alpha value is -2.79. The van der Waals surface area contributed by atoms with E-state index in [1.54, 1.807) is 0 Å². The van der Waals surface area contributed by atoms with Crippen LogP contribution in [-0.2, 0) is 10.2 Å². The van der Waals surface area contributed by atoms with Crippen LogP contribution in [0.1, 0.15) is 79.6 Å². The fourth-order valence-electron chi connectivity index (χ4n) is 5.02. The number of nitrogens with zero attached hydrogens (tertiary/aromatic N) is 1. The largest absolute Gasteiger partial charge is 0.365 e. The summed E-state index contributed by atoms with van der Waals surface area (Å²) in [7, 11) is 0. The topological polar surface area (TPSA) is 46.5 Å². The molecule has 1 N–H and O–H groups in total. The van der Waals surface area contributed by atoms with Crippen molar-refractivity contribution in [2.45, 2.75) is 64.1 Å². The second kappa shape index (κ2) is 11.5. The van der Waals surface area contributed by atoms with Gasteiger partial charge in [0, 0.05) is 31.2 Å². The molecule has 0 atom stereocenters. The summed E-state index contributed by atoms with van der Waals surface area (Å²) in [4.78, 5) is 12.7. The highest BCUT2D eigenvalue weighted by atomic mass is 16.5. The summed E-state index contributed by atoms with van der Waals surface area (Å²) >= 11 is 0. The van der Waals surface area contributed by atoms with Gasteiger partial charge in [0.1, 0.15) is 25.7 Å². The SMILES string of the molecule is CC(C)(C)c1ccc(C(=O)CCC[N+]2(O)CCC(OC(c3ccccc3)c3ccccc3)CC2)cc1. The molecular weight excluding hydrogens is 446 g/mol. The molecule has 4 nitrogen and oxygen atoms in total. The summed E-state index contributed by atoms with van der Waals surface area (Å²) in [5.41, 5.74) is 4.35. The molecular formula is C32H40NO3+. The maximum absolute atomic E-state index is 12.7. The van der Waals surface area contributed by atoms with Crippen molar-refractivity contribution in [1.29, 1.82) is 0 Å². The highest BCUT2D eigenvalue weighted by Gasteiger charge is 2.34. The number of carbonyl (C=O) groups excluding carboxylic acids is 1. The number of hydroxylamine groups is 3. The monoisotopic (exact) mass is 486 g/mol. The third-order valence-corrected chi connectivity index (χ3v) is 7.32. The number of Topliss-reactive ketones (excluding diaryl/α,β-unsaturated/α-hetero) is 1. The van der Waals surface area contributed by atoms with E-state index in [1.807, 2.05) is 48.5 Å². The lowest BCUT2D eigenvalue weighted by Crippen LogP contribution is -2.52. The highest BCUT2D eigenvalue weighted by Crippen LogP contribution is 2.31. The molecule has 1 fully saturated rings. The molecule has 1 aliphatic heterocycles. The molecule has 0 saturated carbocycles. The van der Waals surface area contributed by atoms with Crippen LogP contribution in [0.2, 0.25) is 0 Å². The molecule has 0 spiro atoms. The van der Waals surface area contributed by atoms with Crippen LogP contribution in [0.5, 0.6) is 0 Å². The molecule has 0 radical (unpaired) electrons. The third-order valence-electron chi connectivity index (χ3n) is 7.32. The number of benzene rings is 3. The maximum atomic E-state index is 12.7. The Labute approximate surface area is 216 Å². The van der Waals surface area contributed by atoms with E-state index in [2.05, 4.69) is 57.2 Å². The first-order valence-corrected chi connectivity index (χ1v) is 13.2. The average molecular weight is 487 g/mol. The van der Waals surface area contributed by atoms with Crippen LogP contribution in [0.4, 0.5) is 0 Å². The van der Waals surface area contributed by atoms with Gasteiger partial charge >= 0.3 is 0 Å². The van der Waals surface area contributed by atoms with Gasteiger partial charge in [-0.1, -0.05) is 106 Å². The quantitative estimate of drug-likeness (QED) is 0.259. The average Bonchev–Trinajstić information content (AvgIpc) is 2.89. The van der Waals surface area contributed by atoms with E-state index in [9.17, 15) is 10.0 Å². The van der Waals surface area contributed by atoms with Crippen LogP contribution in [0.25, 0.3) is 0 Å². The number of hydrogen-bond acceptors (Lipinski definition) is 3. The van der Waals surface area contributed by atoms with Gasteiger partial charge in [0.2, 0.25) is 0 Å². The van der Waals surface area contributed by atoms with Crippen LogP contribution in [-0.4, -0.2) is 41.4 Å². The molecule has 36 heavy (non-hydrogen) atoms. The van der Waals surface area contributed by atoms with Crippen molar-refractivity contribution < 1.29 is 19.4 Å². The fourth-order valence-corrected chi connectivity index (χ4v) is 5.02. The fraction of sp³-hybridized carbons (Fsp3) is 0.406. The van der Waals surface area contributed by atoms with Gasteiger partial charge in [0.25, 0.3) is 0 Å². The standard InChI is InChI=1S/C32H40NO3/c1-32(2,3)28-18-16-25(17-19-28)30(34)15-10-22-33(35)23-20-29(21-24-33)36-31(26-11-6-4-7-12-26)27-13-8-5-9-14-27/h4-9,11-14,16-19,29,31,35H,10,15,20-24H2,1-3H3/q+1. The molecule has 0 bridgehead atoms. The number of quaternary nitrogens is 1. The minimum absolute atomic E-state index is 0.0252. The lowest BCUT2D eigenvalue weighted by molar-refractivity contribution is -1.11. The van der Waals surface area contributed by atoms with Crippen LogP contribution in [0.3, 0.4) is 0 Å². The molecule has 3 aromatic carbocycles. The first-order valence-electron chi connectivity index (χ1n) is 13.2. The first kappa shape index (κ1) is 26.3. The minimum atomic E-state index is -0.113. The van der Waals surface area contributed by atoms with Crippen LogP contribution < -0.4 is 0 Å². The van der Waals surface area contributed by atoms with E-state index in [-0.39, 0.29) is 28.1 Å². The zero-order valence-electron chi connectivity index (χ0n) is 21.9. The van der Waals surface area contributed by atoms with Crippen molar-refractivity contribution in [2.75, 3.05) is 19.6 Å². The minimum Gasteiger partial charge on any atom is -0.365 e. The van der Waals surface area contributed by atoms with Crippen molar-refractivity contribution in [1.82, 2.24) is 0 Å². The van der Waals surface area contributed by atoms with Crippen LogP contribution in [0.15, 0.2) is 84.9 Å². The van der Waals surface area contributed by atoms with Gasteiger partial charge in [-0.25, -0.2) is 5.21 Å². The van der Waals surface area contributed by atoms with E-state index in [0.29, 0.717) is 32.5 Å². The lowest BCUT2D eigenvalue weighted by atomic mass is 9.86. The number of rotatable bonds is 9. The second-order valence-corrected chi connectivity index (χ2v) is 11.2. The molecule has 190 valence electrons. The molecule has 0 aliphatic carbocycles. The number of hydrogen-bond donors (Lipinski definition) is 1. The summed E-state index contributed by atoms with van der Waals surface area (Å²) in [6.45, 7) is 8.41. The van der Waals surface area contributed by atoms with Gasteiger partial charge in [-0.2, -0.15) is 4.65 Å². The molecule has 1 heterocycles. The number of ether oxygens (including phenoxy) is 1. The number of ketones is 1. The molecule has 4 rings (SSSR count). The van der Waals surface area contributed by atoms with E-state index in [4.69, 9.17) is 4.74 Å². The van der Waals surface area contributed by atoms with E-state index in [0.717, 1.165) is 29.5 Å². The van der Waals surface area contributed by atoms with Gasteiger partial charge in [-0.05, 0) is 22.1 Å². The van der Waals surface area contributed by atoms with Crippen molar-refractivity contribution in [2.24, 2.45) is 0 Å². The zero-order valence-corrected chi connectivity index (χ0v) is 21.9. The molecule has 0 aromatic heterocycles. The van der Waals surface area contributed by atoms with Gasteiger partial charge in [0.15, 0.2) is 5.78 Å². The van der Waals surface area contributed by atoms with Gasteiger partial charge in [0.05, 0.1) is 6.10 Å². The highest BCUT2D eigenvalue weighted by molar-refractivity contribution is 5.96. The Morgan fingerprint density at radius 3 is 1.92 bits per heavy atom. The maximum Gasteiger partial charge on any atom is 0.163 e. The van der Waals surface area contributed by atoms with Crippen molar-refractivity contribution in [3.05, 3.63) is 107 Å². The van der Waals surface area contributed by atoms with Crippen molar-refractivity contribution in [3.8, 4) is 0 Å². The number of piperidine rings is 1. The first-order chi connectivity index (χ1) is 17.2. The van der Waals surface area contributed by atoms with Gasteiger partial charge in [-0.15, -0.1) is 0 Å². The summed E-state index contributed by atoms with van der Waals surface area (Å²) in [5.74, 6) is 0.147. The molecule has 0 unspecified atom stereocenters. The Morgan fingerprint density at radius 2 is 1.42 bits per heavy atom. The zero-order chi connectivity index (χ0) is 25.6. The van der Waals surface area contributed by atoms with E-state index < -0.39 is 0 Å². The third kappa shape index (κ3) is 6.91.